The van der Waals surface area contributed by atoms with Crippen LogP contribution >= 0.6 is 0 Å². The molecule has 4 rings (SSSR count). The van der Waals surface area contributed by atoms with E-state index in [1.54, 1.807) is 24.3 Å². The van der Waals surface area contributed by atoms with Gasteiger partial charge in [0.25, 0.3) is 0 Å². The molecule has 2 saturated heterocycles. The summed E-state index contributed by atoms with van der Waals surface area (Å²) in [7, 11) is -0.750. The molecule has 184 valence electrons. The summed E-state index contributed by atoms with van der Waals surface area (Å²) in [6.45, 7) is 15.3. The molecule has 0 saturated carbocycles. The fourth-order valence-corrected chi connectivity index (χ4v) is 3.37. The quantitative estimate of drug-likeness (QED) is 0.680. The monoisotopic (exact) mass is 472 g/mol. The summed E-state index contributed by atoms with van der Waals surface area (Å²) in [4.78, 5) is 0. The van der Waals surface area contributed by atoms with Crippen LogP contribution in [0.1, 0.15) is 55.4 Å². The Hall–Kier alpha value is -2.06. The fraction of sp³-hybridized carbons (Fsp3) is 0.520. The van der Waals surface area contributed by atoms with E-state index in [1.807, 2.05) is 79.7 Å². The van der Waals surface area contributed by atoms with Gasteiger partial charge in [-0.1, -0.05) is 24.3 Å². The Balaban J connectivity index is 0.000000192. The van der Waals surface area contributed by atoms with Crippen molar-refractivity contribution in [1.29, 1.82) is 0 Å². The molecule has 2 aromatic carbocycles. The number of phenolic OH excluding ortho intramolecular Hbond substituents is 1. The molecule has 2 fully saturated rings. The molecule has 2 heterocycles. The first-order chi connectivity index (χ1) is 15.7. The van der Waals surface area contributed by atoms with Crippen LogP contribution in [0.5, 0.6) is 11.5 Å². The van der Waals surface area contributed by atoms with Gasteiger partial charge in [-0.25, -0.2) is 4.39 Å². The van der Waals surface area contributed by atoms with Crippen molar-refractivity contribution in [2.45, 2.75) is 77.8 Å². The molecular formula is C25H35B2FO6. The van der Waals surface area contributed by atoms with Gasteiger partial charge < -0.3 is 28.5 Å². The van der Waals surface area contributed by atoms with Crippen LogP contribution < -0.4 is 15.7 Å². The van der Waals surface area contributed by atoms with Crippen molar-refractivity contribution in [3.8, 4) is 11.5 Å². The first-order valence-electron chi connectivity index (χ1n) is 11.5. The summed E-state index contributed by atoms with van der Waals surface area (Å²) in [5.41, 5.74) is 0.471. The van der Waals surface area contributed by atoms with E-state index in [0.717, 1.165) is 10.9 Å². The minimum atomic E-state index is -0.824. The highest BCUT2D eigenvalue weighted by molar-refractivity contribution is 6.62. The molecule has 0 radical (unpaired) electrons. The minimum absolute atomic E-state index is 0.250. The molecular weight excluding hydrogens is 437 g/mol. The Morgan fingerprint density at radius 2 is 0.971 bits per heavy atom. The maximum atomic E-state index is 12.0. The maximum absolute atomic E-state index is 12.0. The molecule has 0 amide bonds. The number of halogens is 1. The third-order valence-electron chi connectivity index (χ3n) is 7.05. The molecule has 0 aliphatic carbocycles. The lowest BCUT2D eigenvalue weighted by molar-refractivity contribution is 0.00578. The molecule has 2 aliphatic heterocycles. The van der Waals surface area contributed by atoms with Gasteiger partial charge in [-0.3, -0.25) is 0 Å². The number of benzene rings is 2. The van der Waals surface area contributed by atoms with E-state index in [-0.39, 0.29) is 35.3 Å². The van der Waals surface area contributed by atoms with Gasteiger partial charge in [0.05, 0.1) is 22.4 Å². The minimum Gasteiger partial charge on any atom is -0.508 e. The number of hydrogen-bond donors (Lipinski definition) is 1. The number of rotatable bonds is 4. The fourth-order valence-electron chi connectivity index (χ4n) is 3.37. The van der Waals surface area contributed by atoms with Crippen LogP contribution in [0.2, 0.25) is 0 Å². The van der Waals surface area contributed by atoms with Gasteiger partial charge in [-0.05, 0) is 90.6 Å². The molecule has 2 aromatic rings. The van der Waals surface area contributed by atoms with Gasteiger partial charge in [0.15, 0.2) is 0 Å². The topological polar surface area (TPSA) is 66.4 Å². The number of hydrogen-bond acceptors (Lipinski definition) is 6. The zero-order valence-corrected chi connectivity index (χ0v) is 21.3. The molecule has 0 unspecified atom stereocenters. The molecule has 34 heavy (non-hydrogen) atoms. The van der Waals surface area contributed by atoms with Crippen LogP contribution in [-0.2, 0) is 18.6 Å². The lowest BCUT2D eigenvalue weighted by Gasteiger charge is -2.32. The largest absolute Gasteiger partial charge is 0.508 e. The van der Waals surface area contributed by atoms with E-state index in [1.165, 1.54) is 0 Å². The summed E-state index contributed by atoms with van der Waals surface area (Å²) in [5, 5.41) is 9.22. The van der Waals surface area contributed by atoms with E-state index < -0.39 is 14.0 Å². The van der Waals surface area contributed by atoms with Crippen LogP contribution in [0.4, 0.5) is 4.39 Å². The summed E-state index contributed by atoms with van der Waals surface area (Å²) < 4.78 is 40.4. The van der Waals surface area contributed by atoms with Crippen LogP contribution in [0, 0.1) is 0 Å². The number of phenols is 1. The second kappa shape index (κ2) is 9.53. The van der Waals surface area contributed by atoms with Crippen LogP contribution in [-0.4, -0.2) is 48.6 Å². The SMILES string of the molecule is CC1(C)OB(c2ccc(O)cc2)OC1(C)C.CC1(C)OB(c2ccc(OCF)cc2)OC1(C)C. The normalized spacial score (nSPS) is 21.7. The van der Waals surface area contributed by atoms with E-state index in [9.17, 15) is 9.50 Å². The average Bonchev–Trinajstić information content (AvgIpc) is 3.09. The molecule has 9 heteroatoms. The van der Waals surface area contributed by atoms with E-state index in [4.69, 9.17) is 23.4 Å². The van der Waals surface area contributed by atoms with Gasteiger partial charge in [-0.2, -0.15) is 0 Å². The second-order valence-electron chi connectivity index (χ2n) is 10.6. The van der Waals surface area contributed by atoms with Crippen molar-refractivity contribution in [1.82, 2.24) is 0 Å². The first kappa shape index (κ1) is 26.5. The van der Waals surface area contributed by atoms with Crippen molar-refractivity contribution < 1.29 is 32.9 Å². The zero-order valence-electron chi connectivity index (χ0n) is 21.3. The van der Waals surface area contributed by atoms with E-state index in [2.05, 4.69) is 0 Å². The van der Waals surface area contributed by atoms with Crippen molar-refractivity contribution in [2.24, 2.45) is 0 Å². The van der Waals surface area contributed by atoms with Crippen molar-refractivity contribution in [3.63, 3.8) is 0 Å². The van der Waals surface area contributed by atoms with Crippen LogP contribution in [0.15, 0.2) is 48.5 Å². The van der Waals surface area contributed by atoms with E-state index in [0.29, 0.717) is 5.75 Å². The third-order valence-corrected chi connectivity index (χ3v) is 7.05. The van der Waals surface area contributed by atoms with Crippen LogP contribution in [0.3, 0.4) is 0 Å². The van der Waals surface area contributed by atoms with Gasteiger partial charge in [0.2, 0.25) is 6.86 Å². The predicted molar refractivity (Wildman–Crippen MR) is 133 cm³/mol. The maximum Gasteiger partial charge on any atom is 0.494 e. The Labute approximate surface area is 203 Å². The molecule has 0 spiro atoms. The van der Waals surface area contributed by atoms with E-state index >= 15 is 0 Å². The standard InChI is InChI=1S/C13H18BFO3.C12H17BO3/c1-12(2)13(3,4)18-14(17-12)10-5-7-11(8-6-10)16-9-15;1-11(2)12(3,4)16-13(15-11)9-5-7-10(14)8-6-9/h5-8H,9H2,1-4H3;5-8,14H,1-4H3. The lowest BCUT2D eigenvalue weighted by atomic mass is 9.79. The molecule has 2 aliphatic rings. The Morgan fingerprint density at radius 1 is 0.647 bits per heavy atom. The Morgan fingerprint density at radius 3 is 1.29 bits per heavy atom. The average molecular weight is 472 g/mol. The summed E-state index contributed by atoms with van der Waals surface area (Å²) >= 11 is 0. The van der Waals surface area contributed by atoms with Crippen molar-refractivity contribution >= 4 is 25.2 Å². The van der Waals surface area contributed by atoms with Gasteiger partial charge in [-0.15, -0.1) is 0 Å². The highest BCUT2D eigenvalue weighted by atomic mass is 19.1. The van der Waals surface area contributed by atoms with Crippen molar-refractivity contribution in [2.75, 3.05) is 6.86 Å². The van der Waals surface area contributed by atoms with Gasteiger partial charge in [0.1, 0.15) is 11.5 Å². The number of ether oxygens (including phenoxy) is 1. The predicted octanol–water partition coefficient (Wildman–Crippen LogP) is 3.98. The molecule has 1 N–H and O–H groups in total. The second-order valence-corrected chi connectivity index (χ2v) is 10.6. The Bertz CT molecular complexity index is 928. The third kappa shape index (κ3) is 5.60. The summed E-state index contributed by atoms with van der Waals surface area (Å²) in [6.07, 6.45) is 0. The molecule has 0 atom stereocenters. The molecule has 0 aromatic heterocycles. The lowest BCUT2D eigenvalue weighted by Crippen LogP contribution is -2.41. The Kier molecular flexibility index (Phi) is 7.44. The highest BCUT2D eigenvalue weighted by Gasteiger charge is 2.52. The number of aromatic hydroxyl groups is 1. The zero-order chi connectivity index (χ0) is 25.4. The number of alkyl halides is 1. The summed E-state index contributed by atoms with van der Waals surface area (Å²) in [6, 6.07) is 14.0. The summed E-state index contributed by atoms with van der Waals surface area (Å²) in [5.74, 6) is 0.748. The van der Waals surface area contributed by atoms with Gasteiger partial charge in [0, 0.05) is 0 Å². The van der Waals surface area contributed by atoms with Crippen LogP contribution in [0.25, 0.3) is 0 Å². The smallest absolute Gasteiger partial charge is 0.494 e. The first-order valence-corrected chi connectivity index (χ1v) is 11.5. The molecule has 0 bridgehead atoms. The van der Waals surface area contributed by atoms with Crippen molar-refractivity contribution in [3.05, 3.63) is 48.5 Å². The molecule has 6 nitrogen and oxygen atoms in total. The highest BCUT2D eigenvalue weighted by Crippen LogP contribution is 2.37. The van der Waals surface area contributed by atoms with Gasteiger partial charge >= 0.3 is 14.2 Å².